The monoisotopic (exact) mass is 552 g/mol. The highest BCUT2D eigenvalue weighted by molar-refractivity contribution is 5.86. The Bertz CT molecular complexity index is 1490. The van der Waals surface area contributed by atoms with Crippen molar-refractivity contribution in [1.29, 1.82) is 0 Å². The van der Waals surface area contributed by atoms with Crippen LogP contribution in [0.3, 0.4) is 0 Å². The Balaban J connectivity index is 1.03. The van der Waals surface area contributed by atoms with Gasteiger partial charge in [-0.2, -0.15) is 0 Å². The molecule has 2 fully saturated rings. The van der Waals surface area contributed by atoms with Gasteiger partial charge in [-0.3, -0.25) is 0 Å². The first-order chi connectivity index (χ1) is 20.1. The van der Waals surface area contributed by atoms with Crippen LogP contribution in [0.15, 0.2) is 42.7 Å². The molecule has 3 aliphatic heterocycles. The summed E-state index contributed by atoms with van der Waals surface area (Å²) in [5, 5.41) is 23.7. The third-order valence-electron chi connectivity index (χ3n) is 9.63. The second kappa shape index (κ2) is 11.4. The molecule has 4 aromatic rings. The van der Waals surface area contributed by atoms with Gasteiger partial charge in [-0.05, 0) is 107 Å². The lowest BCUT2D eigenvalue weighted by atomic mass is 9.90. The van der Waals surface area contributed by atoms with Crippen LogP contribution in [0.1, 0.15) is 67.8 Å². The Morgan fingerprint density at radius 2 is 1.76 bits per heavy atom. The number of para-hydroxylation sites is 1. The number of aromatic nitrogens is 5. The fourth-order valence-electron chi connectivity index (χ4n) is 7.13. The number of anilines is 1. The lowest BCUT2D eigenvalue weighted by molar-refractivity contribution is 0.190. The molecule has 214 valence electrons. The first-order valence-corrected chi connectivity index (χ1v) is 15.3. The van der Waals surface area contributed by atoms with E-state index in [1.54, 1.807) is 6.07 Å². The molecular weight excluding hydrogens is 512 g/mol. The maximum absolute atomic E-state index is 10.4. The van der Waals surface area contributed by atoms with Gasteiger partial charge < -0.3 is 25.2 Å². The van der Waals surface area contributed by atoms with Crippen molar-refractivity contribution in [2.45, 2.75) is 57.4 Å². The van der Waals surface area contributed by atoms with E-state index in [-0.39, 0.29) is 11.8 Å². The van der Waals surface area contributed by atoms with Gasteiger partial charge in [-0.1, -0.05) is 12.1 Å². The first-order valence-electron chi connectivity index (χ1n) is 15.3. The van der Waals surface area contributed by atoms with E-state index in [0.717, 1.165) is 35.9 Å². The largest absolute Gasteiger partial charge is 0.507 e. The molecule has 2 saturated heterocycles. The number of H-pyrrole nitrogens is 1. The second-order valence-electron chi connectivity index (χ2n) is 12.1. The Kier molecular flexibility index (Phi) is 7.31. The zero-order chi connectivity index (χ0) is 27.8. The number of likely N-dealkylation sites (tertiary alicyclic amines) is 1. The Morgan fingerprint density at radius 3 is 2.54 bits per heavy atom. The van der Waals surface area contributed by atoms with Crippen molar-refractivity contribution >= 4 is 17.0 Å². The van der Waals surface area contributed by atoms with Gasteiger partial charge >= 0.3 is 0 Å². The average molecular weight is 553 g/mol. The summed E-state index contributed by atoms with van der Waals surface area (Å²) in [5.41, 5.74) is 5.80. The number of hydrogen-bond donors (Lipinski definition) is 3. The lowest BCUT2D eigenvalue weighted by Gasteiger charge is -2.35. The van der Waals surface area contributed by atoms with Gasteiger partial charge in [0.25, 0.3) is 0 Å². The van der Waals surface area contributed by atoms with E-state index >= 15 is 0 Å². The van der Waals surface area contributed by atoms with E-state index in [1.165, 1.54) is 81.6 Å². The highest BCUT2D eigenvalue weighted by atomic mass is 16.3. The molecule has 3 N–H and O–H groups in total. The summed E-state index contributed by atoms with van der Waals surface area (Å²) >= 11 is 0. The number of nitrogens with zero attached hydrogens (tertiary/aromatic N) is 6. The van der Waals surface area contributed by atoms with Crippen LogP contribution in [0, 0.1) is 5.92 Å². The molecule has 0 amide bonds. The van der Waals surface area contributed by atoms with Crippen molar-refractivity contribution in [3.8, 4) is 17.0 Å². The molecule has 41 heavy (non-hydrogen) atoms. The fraction of sp³-hybridized carbons (Fsp3) is 0.500. The number of piperidine rings is 2. The van der Waals surface area contributed by atoms with Crippen LogP contribution in [-0.2, 0) is 6.42 Å². The summed E-state index contributed by atoms with van der Waals surface area (Å²) in [6.45, 7) is 9.03. The van der Waals surface area contributed by atoms with E-state index in [1.807, 2.05) is 24.3 Å². The number of phenolic OH excluding ortho intramolecular Hbond substituents is 1. The predicted molar refractivity (Wildman–Crippen MR) is 161 cm³/mol. The Labute approximate surface area is 241 Å². The summed E-state index contributed by atoms with van der Waals surface area (Å²) in [5.74, 6) is 2.43. The van der Waals surface area contributed by atoms with Crippen LogP contribution in [0.25, 0.3) is 22.3 Å². The van der Waals surface area contributed by atoms with Crippen LogP contribution in [-0.4, -0.2) is 74.4 Å². The van der Waals surface area contributed by atoms with Crippen molar-refractivity contribution < 1.29 is 5.11 Å². The second-order valence-corrected chi connectivity index (χ2v) is 12.1. The number of aromatic amines is 1. The molecule has 0 saturated carbocycles. The average Bonchev–Trinajstić information content (AvgIpc) is 3.40. The summed E-state index contributed by atoms with van der Waals surface area (Å²) < 4.78 is 0. The molecule has 0 spiro atoms. The van der Waals surface area contributed by atoms with E-state index in [9.17, 15) is 5.11 Å². The highest BCUT2D eigenvalue weighted by Crippen LogP contribution is 2.38. The minimum atomic E-state index is 0.0861. The number of phenols is 1. The van der Waals surface area contributed by atoms with Crippen molar-refractivity contribution in [2.75, 3.05) is 44.2 Å². The molecule has 0 aliphatic carbocycles. The summed E-state index contributed by atoms with van der Waals surface area (Å²) in [4.78, 5) is 18.2. The highest BCUT2D eigenvalue weighted by Gasteiger charge is 2.30. The number of nitrogens with one attached hydrogen (secondary N) is 2. The summed E-state index contributed by atoms with van der Waals surface area (Å²) in [6.07, 6.45) is 11.4. The molecule has 9 nitrogen and oxygen atoms in total. The molecule has 1 atom stereocenters. The molecule has 7 rings (SSSR count). The van der Waals surface area contributed by atoms with E-state index in [4.69, 9.17) is 9.97 Å². The molecule has 0 radical (unpaired) electrons. The van der Waals surface area contributed by atoms with Crippen molar-refractivity contribution in [3.63, 3.8) is 0 Å². The van der Waals surface area contributed by atoms with E-state index < -0.39 is 0 Å². The molecule has 1 aromatic carbocycles. The number of benzene rings is 1. The van der Waals surface area contributed by atoms with Crippen LogP contribution in [0.5, 0.6) is 5.75 Å². The van der Waals surface area contributed by atoms with Crippen molar-refractivity contribution in [2.24, 2.45) is 5.92 Å². The molecule has 9 heteroatoms. The number of rotatable bonds is 6. The van der Waals surface area contributed by atoms with Gasteiger partial charge in [0, 0.05) is 47.6 Å². The standard InChI is InChI=1S/C32H40N8O/c1-21-30-26-18-28(25-4-2-3-5-29(25)41)37-38-31(26)36-27(30)11-17-40(21)32-34-19-24(20-35-32)23-9-15-39(16-10-23)14-8-22-6-12-33-13-7-22/h2-5,18-23,33,41H,6-17H2,1H3,(H,36,38)/t21-/m1/s1. The topological polar surface area (TPSA) is 106 Å². The smallest absolute Gasteiger partial charge is 0.225 e. The summed E-state index contributed by atoms with van der Waals surface area (Å²) in [7, 11) is 0. The first kappa shape index (κ1) is 26.3. The third-order valence-corrected chi connectivity index (χ3v) is 9.63. The van der Waals surface area contributed by atoms with E-state index in [0.29, 0.717) is 17.2 Å². The Morgan fingerprint density at radius 1 is 0.976 bits per heavy atom. The predicted octanol–water partition coefficient (Wildman–Crippen LogP) is 4.81. The number of hydrogen-bond acceptors (Lipinski definition) is 8. The molecule has 3 aromatic heterocycles. The minimum absolute atomic E-state index is 0.0861. The van der Waals surface area contributed by atoms with Gasteiger partial charge in [0.15, 0.2) is 5.65 Å². The SMILES string of the molecule is C[C@@H]1c2c([nH]c3nnc(-c4ccccc4O)cc23)CCN1c1ncc(C2CCN(CCC3CCNCC3)CC2)cn1. The zero-order valence-electron chi connectivity index (χ0n) is 23.9. The van der Waals surface area contributed by atoms with Gasteiger partial charge in [-0.25, -0.2) is 9.97 Å². The molecule has 6 heterocycles. The minimum Gasteiger partial charge on any atom is -0.507 e. The van der Waals surface area contributed by atoms with Crippen LogP contribution < -0.4 is 10.2 Å². The van der Waals surface area contributed by atoms with Crippen molar-refractivity contribution in [1.82, 2.24) is 35.4 Å². The molecular formula is C32H40N8O. The lowest BCUT2D eigenvalue weighted by Crippen LogP contribution is -2.36. The van der Waals surface area contributed by atoms with Gasteiger partial charge in [-0.15, -0.1) is 10.2 Å². The fourth-order valence-corrected chi connectivity index (χ4v) is 7.13. The van der Waals surface area contributed by atoms with E-state index in [2.05, 4.69) is 49.6 Å². The quantitative estimate of drug-likeness (QED) is 0.313. The van der Waals surface area contributed by atoms with Crippen LogP contribution >= 0.6 is 0 Å². The number of aromatic hydroxyl groups is 1. The molecule has 0 unspecified atom stereocenters. The Hall–Kier alpha value is -3.56. The maximum Gasteiger partial charge on any atom is 0.225 e. The molecule has 0 bridgehead atoms. The number of fused-ring (bicyclic) bond motifs is 3. The van der Waals surface area contributed by atoms with Crippen LogP contribution in [0.4, 0.5) is 5.95 Å². The van der Waals surface area contributed by atoms with Gasteiger partial charge in [0.1, 0.15) is 5.75 Å². The normalized spacial score (nSPS) is 20.9. The van der Waals surface area contributed by atoms with Gasteiger partial charge in [0.05, 0.1) is 11.7 Å². The summed E-state index contributed by atoms with van der Waals surface area (Å²) in [6, 6.07) is 9.39. The molecule has 3 aliphatic rings. The maximum atomic E-state index is 10.4. The van der Waals surface area contributed by atoms with Crippen molar-refractivity contribution in [3.05, 3.63) is 59.5 Å². The van der Waals surface area contributed by atoms with Crippen LogP contribution in [0.2, 0.25) is 0 Å². The third kappa shape index (κ3) is 5.28. The zero-order valence-corrected chi connectivity index (χ0v) is 23.9. The van der Waals surface area contributed by atoms with Gasteiger partial charge in [0.2, 0.25) is 5.95 Å².